The Kier molecular flexibility index (Phi) is 4.95. The van der Waals surface area contributed by atoms with Gasteiger partial charge in [-0.2, -0.15) is 0 Å². The first kappa shape index (κ1) is 13.3. The maximum absolute atomic E-state index is 5.58. The maximum atomic E-state index is 5.58. The number of hydrogen-bond acceptors (Lipinski definition) is 4. The zero-order valence-electron chi connectivity index (χ0n) is 10.8. The Labute approximate surface area is 112 Å². The van der Waals surface area contributed by atoms with Gasteiger partial charge in [-0.25, -0.2) is 15.8 Å². The van der Waals surface area contributed by atoms with E-state index in [9.17, 15) is 0 Å². The fraction of sp³-hybridized carbons (Fsp3) is 0.667. The van der Waals surface area contributed by atoms with Crippen LogP contribution in [0.5, 0.6) is 0 Å². The van der Waals surface area contributed by atoms with Crippen molar-refractivity contribution >= 4 is 17.3 Å². The van der Waals surface area contributed by atoms with E-state index in [1.807, 2.05) is 22.8 Å². The largest absolute Gasteiger partial charge is 0.339 e. The van der Waals surface area contributed by atoms with Crippen molar-refractivity contribution in [3.63, 3.8) is 0 Å². The second kappa shape index (κ2) is 6.70. The van der Waals surface area contributed by atoms with Crippen LogP contribution in [-0.2, 0) is 6.54 Å². The highest BCUT2D eigenvalue weighted by Gasteiger charge is 2.15. The molecule has 0 atom stereocenters. The number of guanidine groups is 1. The van der Waals surface area contributed by atoms with E-state index in [0.29, 0.717) is 6.04 Å². The molecule has 6 heteroatoms. The average Bonchev–Trinajstić information content (AvgIpc) is 2.90. The number of aliphatic imine (C=N–C) groups is 1. The third kappa shape index (κ3) is 3.68. The molecule has 1 aromatic heterocycles. The van der Waals surface area contributed by atoms with Crippen LogP contribution in [0.15, 0.2) is 15.9 Å². The molecule has 1 aliphatic rings. The molecule has 2 rings (SSSR count). The van der Waals surface area contributed by atoms with Crippen molar-refractivity contribution in [2.24, 2.45) is 10.8 Å². The van der Waals surface area contributed by atoms with Crippen LogP contribution in [0.2, 0.25) is 0 Å². The number of hydrogen-bond donors (Lipinski definition) is 2. The maximum Gasteiger partial charge on any atom is 0.208 e. The van der Waals surface area contributed by atoms with Gasteiger partial charge in [-0.05, 0) is 12.8 Å². The molecule has 1 aliphatic carbocycles. The second-order valence-electron chi connectivity index (χ2n) is 4.72. The summed E-state index contributed by atoms with van der Waals surface area (Å²) in [6.45, 7) is 0.735. The summed E-state index contributed by atoms with van der Waals surface area (Å²) in [5.74, 6) is 6.34. The van der Waals surface area contributed by atoms with E-state index in [1.54, 1.807) is 11.3 Å². The number of nitrogens with one attached hydrogen (secondary N) is 1. The Hall–Kier alpha value is -1.14. The number of aromatic nitrogens is 1. The molecule has 0 spiro atoms. The minimum absolute atomic E-state index is 0.419. The highest BCUT2D eigenvalue weighted by atomic mass is 32.1. The van der Waals surface area contributed by atoms with Crippen LogP contribution in [0.1, 0.15) is 37.8 Å². The summed E-state index contributed by atoms with van der Waals surface area (Å²) >= 11 is 1.61. The number of nitrogens with two attached hydrogens (primary N) is 1. The lowest BCUT2D eigenvalue weighted by Gasteiger charge is -2.24. The number of rotatable bonds is 3. The van der Waals surface area contributed by atoms with Crippen molar-refractivity contribution in [1.82, 2.24) is 15.3 Å². The zero-order valence-corrected chi connectivity index (χ0v) is 11.6. The number of nitrogens with zero attached hydrogens (tertiary/aromatic N) is 3. The molecule has 0 bridgehead atoms. The van der Waals surface area contributed by atoms with Gasteiger partial charge >= 0.3 is 0 Å². The fourth-order valence-corrected chi connectivity index (χ4v) is 2.81. The van der Waals surface area contributed by atoms with Gasteiger partial charge in [0.05, 0.1) is 23.8 Å². The summed E-state index contributed by atoms with van der Waals surface area (Å²) in [4.78, 5) is 11.0. The smallest absolute Gasteiger partial charge is 0.208 e. The minimum atomic E-state index is 0.419. The van der Waals surface area contributed by atoms with E-state index in [1.165, 1.54) is 32.1 Å². The van der Waals surface area contributed by atoms with E-state index < -0.39 is 0 Å². The summed E-state index contributed by atoms with van der Waals surface area (Å²) in [5, 5.41) is 2.05. The average molecular weight is 267 g/mol. The quantitative estimate of drug-likeness (QED) is 0.379. The highest BCUT2D eigenvalue weighted by Crippen LogP contribution is 2.20. The van der Waals surface area contributed by atoms with Crippen LogP contribution in [0, 0.1) is 0 Å². The molecular weight excluding hydrogens is 246 g/mol. The van der Waals surface area contributed by atoms with E-state index >= 15 is 0 Å². The van der Waals surface area contributed by atoms with Gasteiger partial charge in [-0.1, -0.05) is 19.3 Å². The van der Waals surface area contributed by atoms with Gasteiger partial charge < -0.3 is 4.90 Å². The van der Waals surface area contributed by atoms with E-state index in [0.717, 1.165) is 18.2 Å². The normalized spacial score (nSPS) is 17.8. The summed E-state index contributed by atoms with van der Waals surface area (Å²) < 4.78 is 0. The summed E-state index contributed by atoms with van der Waals surface area (Å²) in [6.07, 6.45) is 6.25. The predicted octanol–water partition coefficient (Wildman–Crippen LogP) is 1.73. The first-order chi connectivity index (χ1) is 8.79. The van der Waals surface area contributed by atoms with Crippen molar-refractivity contribution in [3.05, 3.63) is 16.6 Å². The molecule has 3 N–H and O–H groups in total. The van der Waals surface area contributed by atoms with Gasteiger partial charge in [0.25, 0.3) is 0 Å². The van der Waals surface area contributed by atoms with Gasteiger partial charge in [0, 0.05) is 12.4 Å². The lowest BCUT2D eigenvalue weighted by molar-refractivity contribution is 0.421. The van der Waals surface area contributed by atoms with Crippen LogP contribution in [0.3, 0.4) is 0 Å². The first-order valence-corrected chi connectivity index (χ1v) is 7.36. The number of thiazole rings is 1. The lowest BCUT2D eigenvalue weighted by atomic mass is 9.96. The van der Waals surface area contributed by atoms with Crippen molar-refractivity contribution in [2.75, 3.05) is 7.05 Å². The standard InChI is InChI=1S/C12H21N5S/c1-17(7-11-8-18-9-14-11)12(16-13)15-10-5-3-2-4-6-10/h8-10H,2-7,13H2,1H3,(H,15,16). The molecule has 0 aromatic carbocycles. The van der Waals surface area contributed by atoms with Gasteiger partial charge in [0.15, 0.2) is 0 Å². The third-order valence-corrected chi connectivity index (χ3v) is 3.89. The topological polar surface area (TPSA) is 66.5 Å². The third-order valence-electron chi connectivity index (χ3n) is 3.25. The monoisotopic (exact) mass is 267 g/mol. The molecule has 1 fully saturated rings. The van der Waals surface area contributed by atoms with Gasteiger partial charge in [0.2, 0.25) is 5.96 Å². The van der Waals surface area contributed by atoms with E-state index in [4.69, 9.17) is 10.8 Å². The number of hydrazine groups is 1. The Morgan fingerprint density at radius 3 is 2.94 bits per heavy atom. The Bertz CT molecular complexity index is 370. The van der Waals surface area contributed by atoms with Crippen LogP contribution >= 0.6 is 11.3 Å². The molecule has 0 radical (unpaired) electrons. The van der Waals surface area contributed by atoms with Crippen LogP contribution in [0.4, 0.5) is 0 Å². The minimum Gasteiger partial charge on any atom is -0.339 e. The molecule has 0 unspecified atom stereocenters. The molecule has 5 nitrogen and oxygen atoms in total. The van der Waals surface area contributed by atoms with Crippen molar-refractivity contribution in [3.8, 4) is 0 Å². The van der Waals surface area contributed by atoms with Gasteiger partial charge in [0.1, 0.15) is 0 Å². The first-order valence-electron chi connectivity index (χ1n) is 6.42. The van der Waals surface area contributed by atoms with E-state index in [-0.39, 0.29) is 0 Å². The SMILES string of the molecule is CN(Cc1cscn1)C(=NC1CCCCC1)NN. The van der Waals surface area contributed by atoms with Crippen LogP contribution in [-0.4, -0.2) is 28.9 Å². The highest BCUT2D eigenvalue weighted by molar-refractivity contribution is 7.07. The fourth-order valence-electron chi connectivity index (χ4n) is 2.26. The van der Waals surface area contributed by atoms with Crippen molar-refractivity contribution in [1.29, 1.82) is 0 Å². The second-order valence-corrected chi connectivity index (χ2v) is 5.44. The van der Waals surface area contributed by atoms with Gasteiger partial charge in [-0.3, -0.25) is 5.43 Å². The molecule has 100 valence electrons. The zero-order chi connectivity index (χ0) is 12.8. The molecular formula is C12H21N5S. The summed E-state index contributed by atoms with van der Waals surface area (Å²) in [6, 6.07) is 0.419. The van der Waals surface area contributed by atoms with Crippen molar-refractivity contribution < 1.29 is 0 Å². The lowest BCUT2D eigenvalue weighted by Crippen LogP contribution is -2.43. The van der Waals surface area contributed by atoms with Gasteiger partial charge in [-0.15, -0.1) is 11.3 Å². The molecule has 1 saturated carbocycles. The molecule has 0 aliphatic heterocycles. The van der Waals surface area contributed by atoms with Crippen LogP contribution < -0.4 is 11.3 Å². The molecule has 1 aromatic rings. The Balaban J connectivity index is 1.95. The summed E-state index contributed by atoms with van der Waals surface area (Å²) in [7, 11) is 1.99. The Morgan fingerprint density at radius 1 is 1.56 bits per heavy atom. The molecule has 0 saturated heterocycles. The molecule has 1 heterocycles. The molecule has 0 amide bonds. The van der Waals surface area contributed by atoms with E-state index in [2.05, 4.69) is 10.4 Å². The molecule has 18 heavy (non-hydrogen) atoms. The van der Waals surface area contributed by atoms with Crippen molar-refractivity contribution in [2.45, 2.75) is 44.7 Å². The van der Waals surface area contributed by atoms with Crippen LogP contribution in [0.25, 0.3) is 0 Å². The predicted molar refractivity (Wildman–Crippen MR) is 75.2 cm³/mol. The Morgan fingerprint density at radius 2 is 2.33 bits per heavy atom. The summed E-state index contributed by atoms with van der Waals surface area (Å²) in [5.41, 5.74) is 5.61.